The molecule has 0 radical (unpaired) electrons. The number of nitrogens with zero attached hydrogens (tertiary/aromatic N) is 1. The summed E-state index contributed by atoms with van der Waals surface area (Å²) in [5, 5.41) is 4.12. The number of hydrogen-bond donors (Lipinski definition) is 0. The van der Waals surface area contributed by atoms with Gasteiger partial charge in [0.25, 0.3) is 0 Å². The standard InChI is InChI=1S/C18H14FNO2/c19-11-15-3-1-2-4-16(15)17-9-10-18(22-20-17)14-7-5-13(12-21)6-8-14/h1-8,10,12H,9,11H2. The summed E-state index contributed by atoms with van der Waals surface area (Å²) in [6.07, 6.45) is 3.28. The summed E-state index contributed by atoms with van der Waals surface area (Å²) in [6, 6.07) is 14.3. The van der Waals surface area contributed by atoms with Gasteiger partial charge in [-0.2, -0.15) is 0 Å². The van der Waals surface area contributed by atoms with E-state index in [4.69, 9.17) is 4.84 Å². The number of halogens is 1. The molecule has 4 heteroatoms. The molecule has 0 fully saturated rings. The van der Waals surface area contributed by atoms with Crippen LogP contribution in [0.2, 0.25) is 0 Å². The predicted molar refractivity (Wildman–Crippen MR) is 83.3 cm³/mol. The fraction of sp³-hybridized carbons (Fsp3) is 0.111. The Labute approximate surface area is 127 Å². The van der Waals surface area contributed by atoms with E-state index in [2.05, 4.69) is 5.16 Å². The SMILES string of the molecule is O=Cc1ccc(C2=CCC(c3ccccc3CF)=NO2)cc1. The minimum absolute atomic E-state index is 0.529. The van der Waals surface area contributed by atoms with Gasteiger partial charge in [0.15, 0.2) is 5.76 Å². The maximum Gasteiger partial charge on any atom is 0.161 e. The summed E-state index contributed by atoms with van der Waals surface area (Å²) in [6.45, 7) is -0.529. The molecule has 2 aromatic rings. The molecule has 3 nitrogen and oxygen atoms in total. The molecule has 3 rings (SSSR count). The van der Waals surface area contributed by atoms with Crippen molar-refractivity contribution in [2.75, 3.05) is 0 Å². The number of alkyl halides is 1. The lowest BCUT2D eigenvalue weighted by atomic mass is 10.0. The van der Waals surface area contributed by atoms with Gasteiger partial charge in [0, 0.05) is 23.1 Å². The van der Waals surface area contributed by atoms with Gasteiger partial charge < -0.3 is 4.84 Å². The van der Waals surface area contributed by atoms with E-state index in [1.165, 1.54) is 0 Å². The van der Waals surface area contributed by atoms with Crippen LogP contribution in [0.3, 0.4) is 0 Å². The fourth-order valence-electron chi connectivity index (χ4n) is 2.34. The molecule has 0 saturated carbocycles. The molecule has 0 unspecified atom stereocenters. The fourth-order valence-corrected chi connectivity index (χ4v) is 2.34. The zero-order valence-electron chi connectivity index (χ0n) is 11.8. The highest BCUT2D eigenvalue weighted by Crippen LogP contribution is 2.24. The molecule has 0 spiro atoms. The quantitative estimate of drug-likeness (QED) is 0.795. The molecule has 2 aromatic carbocycles. The van der Waals surface area contributed by atoms with E-state index in [-0.39, 0.29) is 0 Å². The van der Waals surface area contributed by atoms with Crippen LogP contribution in [0, 0.1) is 0 Å². The number of rotatable bonds is 4. The van der Waals surface area contributed by atoms with E-state index in [0.29, 0.717) is 29.0 Å². The van der Waals surface area contributed by atoms with Crippen LogP contribution >= 0.6 is 0 Å². The summed E-state index contributed by atoms with van der Waals surface area (Å²) in [7, 11) is 0. The average molecular weight is 295 g/mol. The lowest BCUT2D eigenvalue weighted by molar-refractivity contribution is 0.112. The number of carbonyl (C=O) groups is 1. The Kier molecular flexibility index (Phi) is 4.10. The molecule has 110 valence electrons. The summed E-state index contributed by atoms with van der Waals surface area (Å²) in [5.41, 5.74) is 3.56. The van der Waals surface area contributed by atoms with Gasteiger partial charge in [0.05, 0.1) is 5.71 Å². The Morgan fingerprint density at radius 3 is 2.55 bits per heavy atom. The maximum atomic E-state index is 13.0. The van der Waals surface area contributed by atoms with E-state index < -0.39 is 6.67 Å². The number of aldehydes is 1. The topological polar surface area (TPSA) is 38.7 Å². The largest absolute Gasteiger partial charge is 0.356 e. The lowest BCUT2D eigenvalue weighted by Gasteiger charge is -2.15. The zero-order chi connectivity index (χ0) is 15.4. The molecule has 0 aliphatic carbocycles. The van der Waals surface area contributed by atoms with Gasteiger partial charge in [-0.15, -0.1) is 0 Å². The Bertz CT molecular complexity index is 748. The second kappa shape index (κ2) is 6.35. The molecule has 0 N–H and O–H groups in total. The number of oxime groups is 1. The maximum absolute atomic E-state index is 13.0. The van der Waals surface area contributed by atoms with Crippen molar-refractivity contribution >= 4 is 17.8 Å². The van der Waals surface area contributed by atoms with Crippen molar-refractivity contribution in [2.45, 2.75) is 13.1 Å². The first-order valence-corrected chi connectivity index (χ1v) is 6.95. The van der Waals surface area contributed by atoms with E-state index in [9.17, 15) is 9.18 Å². The van der Waals surface area contributed by atoms with E-state index in [1.54, 1.807) is 24.3 Å². The van der Waals surface area contributed by atoms with Crippen LogP contribution in [-0.4, -0.2) is 12.0 Å². The first-order valence-electron chi connectivity index (χ1n) is 6.95. The van der Waals surface area contributed by atoms with Gasteiger partial charge in [-0.25, -0.2) is 4.39 Å². The van der Waals surface area contributed by atoms with Crippen LogP contribution in [0.25, 0.3) is 5.76 Å². The smallest absolute Gasteiger partial charge is 0.161 e. The van der Waals surface area contributed by atoms with Gasteiger partial charge >= 0.3 is 0 Å². The lowest BCUT2D eigenvalue weighted by Crippen LogP contribution is -2.08. The molecule has 0 aromatic heterocycles. The van der Waals surface area contributed by atoms with Crippen LogP contribution in [0.5, 0.6) is 0 Å². The van der Waals surface area contributed by atoms with Crippen molar-refractivity contribution in [3.8, 4) is 0 Å². The van der Waals surface area contributed by atoms with Crippen LogP contribution in [0.4, 0.5) is 4.39 Å². The van der Waals surface area contributed by atoms with Gasteiger partial charge in [0.1, 0.15) is 13.0 Å². The summed E-state index contributed by atoms with van der Waals surface area (Å²) in [4.78, 5) is 16.1. The molecular formula is C18H14FNO2. The molecule has 22 heavy (non-hydrogen) atoms. The second-order valence-corrected chi connectivity index (χ2v) is 4.93. The molecule has 0 atom stereocenters. The average Bonchev–Trinajstić information content (AvgIpc) is 2.62. The zero-order valence-corrected chi connectivity index (χ0v) is 11.8. The van der Waals surface area contributed by atoms with E-state index in [0.717, 1.165) is 17.4 Å². The van der Waals surface area contributed by atoms with Crippen LogP contribution < -0.4 is 0 Å². The molecule has 0 saturated heterocycles. The number of benzene rings is 2. The normalized spacial score (nSPS) is 13.9. The number of hydrogen-bond acceptors (Lipinski definition) is 3. The molecule has 0 amide bonds. The van der Waals surface area contributed by atoms with E-state index in [1.807, 2.05) is 30.3 Å². The van der Waals surface area contributed by atoms with Crippen LogP contribution in [0.1, 0.15) is 33.5 Å². The molecule has 1 aliphatic rings. The highest BCUT2D eigenvalue weighted by molar-refractivity contribution is 6.03. The number of allylic oxidation sites excluding steroid dienone is 1. The van der Waals surface area contributed by atoms with Gasteiger partial charge in [-0.05, 0) is 11.6 Å². The third-order valence-corrected chi connectivity index (χ3v) is 3.54. The summed E-state index contributed by atoms with van der Waals surface area (Å²) in [5.74, 6) is 0.638. The highest BCUT2D eigenvalue weighted by Gasteiger charge is 2.15. The molecule has 1 aliphatic heterocycles. The Hall–Kier alpha value is -2.75. The van der Waals surface area contributed by atoms with Crippen LogP contribution in [0.15, 0.2) is 59.8 Å². The second-order valence-electron chi connectivity index (χ2n) is 4.93. The highest BCUT2D eigenvalue weighted by atomic mass is 19.1. The van der Waals surface area contributed by atoms with Crippen molar-refractivity contribution in [1.29, 1.82) is 0 Å². The van der Waals surface area contributed by atoms with Gasteiger partial charge in [-0.3, -0.25) is 4.79 Å². The van der Waals surface area contributed by atoms with Crippen molar-refractivity contribution in [2.24, 2.45) is 5.16 Å². The first-order chi connectivity index (χ1) is 10.8. The third kappa shape index (κ3) is 2.81. The molecular weight excluding hydrogens is 281 g/mol. The first kappa shape index (κ1) is 14.2. The summed E-state index contributed by atoms with van der Waals surface area (Å²) < 4.78 is 13.0. The minimum Gasteiger partial charge on any atom is -0.356 e. The molecule has 0 bridgehead atoms. The third-order valence-electron chi connectivity index (χ3n) is 3.54. The van der Waals surface area contributed by atoms with Crippen molar-refractivity contribution in [3.63, 3.8) is 0 Å². The predicted octanol–water partition coefficient (Wildman–Crippen LogP) is 4.13. The van der Waals surface area contributed by atoms with Crippen LogP contribution in [-0.2, 0) is 11.5 Å². The summed E-state index contributed by atoms with van der Waals surface area (Å²) >= 11 is 0. The Morgan fingerprint density at radius 2 is 1.91 bits per heavy atom. The number of carbonyl (C=O) groups excluding carboxylic acids is 1. The van der Waals surface area contributed by atoms with Crippen molar-refractivity contribution in [1.82, 2.24) is 0 Å². The minimum atomic E-state index is -0.529. The Morgan fingerprint density at radius 1 is 1.14 bits per heavy atom. The van der Waals surface area contributed by atoms with Gasteiger partial charge in [-0.1, -0.05) is 53.7 Å². The Balaban J connectivity index is 1.79. The van der Waals surface area contributed by atoms with Crippen molar-refractivity contribution in [3.05, 3.63) is 76.9 Å². The van der Waals surface area contributed by atoms with Gasteiger partial charge in [0.2, 0.25) is 0 Å². The molecule has 1 heterocycles. The van der Waals surface area contributed by atoms with E-state index >= 15 is 0 Å². The van der Waals surface area contributed by atoms with Crippen molar-refractivity contribution < 1.29 is 14.0 Å². The monoisotopic (exact) mass is 295 g/mol.